The molecule has 1 aromatic heterocycles. The van der Waals surface area contributed by atoms with Crippen molar-refractivity contribution in [2.45, 2.75) is 6.92 Å². The smallest absolute Gasteiger partial charge is 0.255 e. The van der Waals surface area contributed by atoms with Gasteiger partial charge in [-0.05, 0) is 37.3 Å². The second-order valence-electron chi connectivity index (χ2n) is 4.25. The number of nitriles is 1. The zero-order valence-corrected chi connectivity index (χ0v) is 12.2. The molecule has 6 heteroatoms. The van der Waals surface area contributed by atoms with E-state index in [1.165, 1.54) is 6.07 Å². The second-order valence-corrected chi connectivity index (χ2v) is 4.61. The van der Waals surface area contributed by atoms with Crippen LogP contribution in [0.15, 0.2) is 30.3 Å². The summed E-state index contributed by atoms with van der Waals surface area (Å²) < 4.78 is 5.04. The lowest BCUT2D eigenvalue weighted by Crippen LogP contribution is -2.13. The number of methoxy groups -OCH3 is 1. The normalized spacial score (nSPS) is 9.81. The molecule has 106 valence electrons. The first-order valence-electron chi connectivity index (χ1n) is 6.08. The van der Waals surface area contributed by atoms with Gasteiger partial charge in [-0.25, -0.2) is 4.98 Å². The van der Waals surface area contributed by atoms with Gasteiger partial charge in [-0.15, -0.1) is 0 Å². The Hall–Kier alpha value is -2.58. The molecule has 0 bridgehead atoms. The van der Waals surface area contributed by atoms with Crippen LogP contribution in [-0.2, 0) is 0 Å². The highest BCUT2D eigenvalue weighted by Crippen LogP contribution is 2.21. The molecule has 1 N–H and O–H groups in total. The van der Waals surface area contributed by atoms with Gasteiger partial charge >= 0.3 is 0 Å². The maximum absolute atomic E-state index is 12.2. The Balaban J connectivity index is 2.25. The van der Waals surface area contributed by atoms with Gasteiger partial charge in [-0.1, -0.05) is 11.6 Å². The fourth-order valence-electron chi connectivity index (χ4n) is 1.72. The van der Waals surface area contributed by atoms with Gasteiger partial charge in [0.2, 0.25) is 0 Å². The van der Waals surface area contributed by atoms with Crippen molar-refractivity contribution in [3.63, 3.8) is 0 Å². The summed E-state index contributed by atoms with van der Waals surface area (Å²) >= 11 is 5.83. The average Bonchev–Trinajstić information content (AvgIpc) is 2.50. The molecule has 0 unspecified atom stereocenters. The predicted molar refractivity (Wildman–Crippen MR) is 79.6 cm³/mol. The van der Waals surface area contributed by atoms with Crippen LogP contribution in [0.3, 0.4) is 0 Å². The predicted octanol–water partition coefficient (Wildman–Crippen LogP) is 3.18. The topological polar surface area (TPSA) is 75.0 Å². The summed E-state index contributed by atoms with van der Waals surface area (Å²) in [5, 5.41) is 11.8. The average molecular weight is 302 g/mol. The highest BCUT2D eigenvalue weighted by Gasteiger charge is 2.11. The van der Waals surface area contributed by atoms with Crippen LogP contribution in [0.2, 0.25) is 5.15 Å². The molecule has 1 heterocycles. The molecule has 1 aromatic carbocycles. The summed E-state index contributed by atoms with van der Waals surface area (Å²) in [5.74, 6) is 0.372. The number of anilines is 1. The first-order valence-corrected chi connectivity index (χ1v) is 6.45. The Morgan fingerprint density at radius 1 is 1.38 bits per heavy atom. The van der Waals surface area contributed by atoms with Crippen molar-refractivity contribution in [3.8, 4) is 11.8 Å². The molecule has 1 amide bonds. The maximum Gasteiger partial charge on any atom is 0.255 e. The fraction of sp³-hybridized carbons (Fsp3) is 0.133. The number of hydrogen-bond donors (Lipinski definition) is 1. The van der Waals surface area contributed by atoms with Gasteiger partial charge in [0.05, 0.1) is 24.1 Å². The van der Waals surface area contributed by atoms with Gasteiger partial charge in [0.25, 0.3) is 5.91 Å². The molecular formula is C15H12ClN3O2. The van der Waals surface area contributed by atoms with Crippen molar-refractivity contribution in [2.24, 2.45) is 0 Å². The van der Waals surface area contributed by atoms with Gasteiger partial charge in [-0.3, -0.25) is 4.79 Å². The van der Waals surface area contributed by atoms with E-state index in [9.17, 15) is 4.79 Å². The number of carbonyl (C=O) groups is 1. The molecule has 0 atom stereocenters. The van der Waals surface area contributed by atoms with Gasteiger partial charge in [0.15, 0.2) is 0 Å². The number of amides is 1. The first kappa shape index (κ1) is 14.8. The Labute approximate surface area is 127 Å². The molecule has 2 aromatic rings. The summed E-state index contributed by atoms with van der Waals surface area (Å²) in [7, 11) is 1.56. The number of ether oxygens (including phenoxy) is 1. The van der Waals surface area contributed by atoms with E-state index in [4.69, 9.17) is 21.6 Å². The maximum atomic E-state index is 12.2. The van der Waals surface area contributed by atoms with E-state index < -0.39 is 0 Å². The van der Waals surface area contributed by atoms with Crippen molar-refractivity contribution in [1.82, 2.24) is 4.98 Å². The zero-order valence-electron chi connectivity index (χ0n) is 11.5. The van der Waals surface area contributed by atoms with Crippen molar-refractivity contribution >= 4 is 23.2 Å². The lowest BCUT2D eigenvalue weighted by molar-refractivity contribution is 0.102. The van der Waals surface area contributed by atoms with E-state index in [1.54, 1.807) is 38.3 Å². The molecule has 0 aliphatic carbocycles. The van der Waals surface area contributed by atoms with E-state index in [1.807, 2.05) is 6.07 Å². The number of halogens is 1. The first-order chi connectivity index (χ1) is 10.0. The van der Waals surface area contributed by atoms with E-state index in [2.05, 4.69) is 10.3 Å². The number of aryl methyl sites for hydroxylation is 1. The number of nitrogens with zero attached hydrogens (tertiary/aromatic N) is 2. The molecule has 2 rings (SSSR count). The third-order valence-electron chi connectivity index (χ3n) is 2.89. The molecule has 0 saturated heterocycles. The number of hydrogen-bond acceptors (Lipinski definition) is 4. The number of aromatic nitrogens is 1. The standard InChI is InChI=1S/C15H12ClN3O2/c1-9-13(7-11(8-17)14(16)18-9)19-15(20)10-3-5-12(21-2)6-4-10/h3-7H,1-2H3,(H,19,20). The van der Waals surface area contributed by atoms with Crippen molar-refractivity contribution < 1.29 is 9.53 Å². The SMILES string of the molecule is COc1ccc(C(=O)Nc2cc(C#N)c(Cl)nc2C)cc1. The summed E-state index contributed by atoms with van der Waals surface area (Å²) in [6.45, 7) is 1.71. The third-order valence-corrected chi connectivity index (χ3v) is 3.18. The van der Waals surface area contributed by atoms with Gasteiger partial charge in [0.1, 0.15) is 17.0 Å². The molecule has 5 nitrogen and oxygen atoms in total. The minimum Gasteiger partial charge on any atom is -0.497 e. The Kier molecular flexibility index (Phi) is 4.41. The number of carbonyl (C=O) groups excluding carboxylic acids is 1. The van der Waals surface area contributed by atoms with E-state index >= 15 is 0 Å². The molecule has 21 heavy (non-hydrogen) atoms. The summed E-state index contributed by atoms with van der Waals surface area (Å²) in [6, 6.07) is 10.1. The van der Waals surface area contributed by atoms with Crippen LogP contribution >= 0.6 is 11.6 Å². The third kappa shape index (κ3) is 3.30. The summed E-state index contributed by atoms with van der Waals surface area (Å²) in [5.41, 5.74) is 1.69. The molecule has 0 saturated carbocycles. The highest BCUT2D eigenvalue weighted by molar-refractivity contribution is 6.30. The van der Waals surface area contributed by atoms with E-state index in [0.717, 1.165) is 0 Å². The minimum absolute atomic E-state index is 0.123. The quantitative estimate of drug-likeness (QED) is 0.884. The lowest BCUT2D eigenvalue weighted by atomic mass is 10.2. The molecule has 0 aliphatic heterocycles. The van der Waals surface area contributed by atoms with Crippen LogP contribution in [0.1, 0.15) is 21.6 Å². The van der Waals surface area contributed by atoms with Gasteiger partial charge < -0.3 is 10.1 Å². The number of pyridine rings is 1. The monoisotopic (exact) mass is 301 g/mol. The minimum atomic E-state index is -0.297. The number of nitrogens with one attached hydrogen (secondary N) is 1. The second kappa shape index (κ2) is 6.25. The van der Waals surface area contributed by atoms with Gasteiger partial charge in [-0.2, -0.15) is 5.26 Å². The van der Waals surface area contributed by atoms with Crippen LogP contribution < -0.4 is 10.1 Å². The number of benzene rings is 1. The molecular weight excluding hydrogens is 290 g/mol. The van der Waals surface area contributed by atoms with Crippen LogP contribution in [0.4, 0.5) is 5.69 Å². The van der Waals surface area contributed by atoms with E-state index in [0.29, 0.717) is 22.7 Å². The molecule has 0 fully saturated rings. The Morgan fingerprint density at radius 2 is 2.05 bits per heavy atom. The largest absolute Gasteiger partial charge is 0.497 e. The Bertz CT molecular complexity index is 721. The van der Waals surface area contributed by atoms with E-state index in [-0.39, 0.29) is 16.6 Å². The fourth-order valence-corrected chi connectivity index (χ4v) is 1.94. The van der Waals surface area contributed by atoms with Crippen LogP contribution in [0, 0.1) is 18.3 Å². The van der Waals surface area contributed by atoms with Crippen LogP contribution in [0.25, 0.3) is 0 Å². The highest BCUT2D eigenvalue weighted by atomic mass is 35.5. The van der Waals surface area contributed by atoms with Crippen molar-refractivity contribution in [3.05, 3.63) is 52.3 Å². The van der Waals surface area contributed by atoms with Crippen LogP contribution in [0.5, 0.6) is 5.75 Å². The molecule has 0 radical (unpaired) electrons. The summed E-state index contributed by atoms with van der Waals surface area (Å²) in [4.78, 5) is 16.2. The zero-order chi connectivity index (χ0) is 15.4. The number of rotatable bonds is 3. The lowest BCUT2D eigenvalue weighted by Gasteiger charge is -2.09. The molecule has 0 spiro atoms. The Morgan fingerprint density at radius 3 is 2.62 bits per heavy atom. The van der Waals surface area contributed by atoms with Crippen LogP contribution in [-0.4, -0.2) is 18.0 Å². The summed E-state index contributed by atoms with van der Waals surface area (Å²) in [6.07, 6.45) is 0. The van der Waals surface area contributed by atoms with Crippen molar-refractivity contribution in [2.75, 3.05) is 12.4 Å². The molecule has 0 aliphatic rings. The van der Waals surface area contributed by atoms with Crippen molar-refractivity contribution in [1.29, 1.82) is 5.26 Å². The van der Waals surface area contributed by atoms with Gasteiger partial charge in [0, 0.05) is 5.56 Å².